The topological polar surface area (TPSA) is 64.4 Å². The van der Waals surface area contributed by atoms with Crippen molar-refractivity contribution in [2.45, 2.75) is 38.8 Å². The lowest BCUT2D eigenvalue weighted by molar-refractivity contribution is -0.385. The third-order valence-corrected chi connectivity index (χ3v) is 4.04. The summed E-state index contributed by atoms with van der Waals surface area (Å²) in [5.74, 6) is 0. The minimum absolute atomic E-state index is 0.127. The number of anilines is 1. The predicted molar refractivity (Wildman–Crippen MR) is 77.6 cm³/mol. The molecule has 0 spiro atoms. The summed E-state index contributed by atoms with van der Waals surface area (Å²) in [4.78, 5) is 10.5. The molecule has 2 unspecified atom stereocenters. The van der Waals surface area contributed by atoms with Crippen molar-refractivity contribution in [3.8, 4) is 0 Å². The molecule has 1 aromatic carbocycles. The summed E-state index contributed by atoms with van der Waals surface area (Å²) >= 11 is 3.38. The van der Waals surface area contributed by atoms with Crippen molar-refractivity contribution < 1.29 is 9.66 Å². The molecule has 6 heteroatoms. The molecule has 19 heavy (non-hydrogen) atoms. The van der Waals surface area contributed by atoms with E-state index in [2.05, 4.69) is 28.2 Å². The molecule has 0 saturated carbocycles. The van der Waals surface area contributed by atoms with Gasteiger partial charge in [0.05, 0.1) is 11.0 Å². The molecule has 1 aromatic rings. The van der Waals surface area contributed by atoms with E-state index >= 15 is 0 Å². The molecule has 1 heterocycles. The summed E-state index contributed by atoms with van der Waals surface area (Å²) in [5.41, 5.74) is 1.64. The first-order valence-electron chi connectivity index (χ1n) is 6.31. The summed E-state index contributed by atoms with van der Waals surface area (Å²) < 4.78 is 6.34. The van der Waals surface area contributed by atoms with Crippen molar-refractivity contribution in [2.24, 2.45) is 0 Å². The van der Waals surface area contributed by atoms with E-state index in [4.69, 9.17) is 4.74 Å². The molecule has 1 aliphatic rings. The normalized spacial score (nSPS) is 20.3. The Morgan fingerprint density at radius 1 is 1.58 bits per heavy atom. The van der Waals surface area contributed by atoms with Crippen LogP contribution in [-0.2, 0) is 4.74 Å². The number of benzene rings is 1. The van der Waals surface area contributed by atoms with Crippen molar-refractivity contribution in [3.05, 3.63) is 32.3 Å². The van der Waals surface area contributed by atoms with Crippen LogP contribution in [-0.4, -0.2) is 23.7 Å². The fraction of sp³-hybridized carbons (Fsp3) is 0.538. The van der Waals surface area contributed by atoms with Crippen molar-refractivity contribution in [1.29, 1.82) is 0 Å². The summed E-state index contributed by atoms with van der Waals surface area (Å²) in [6.45, 7) is 4.63. The van der Waals surface area contributed by atoms with Crippen molar-refractivity contribution in [3.63, 3.8) is 0 Å². The summed E-state index contributed by atoms with van der Waals surface area (Å²) in [5, 5.41) is 14.2. The minimum Gasteiger partial charge on any atom is -0.379 e. The second-order valence-electron chi connectivity index (χ2n) is 4.86. The monoisotopic (exact) mass is 328 g/mol. The third kappa shape index (κ3) is 3.25. The Labute approximate surface area is 120 Å². The Hall–Kier alpha value is -1.14. The number of nitro groups is 1. The van der Waals surface area contributed by atoms with Crippen LogP contribution in [0.25, 0.3) is 0 Å². The maximum absolute atomic E-state index is 10.9. The van der Waals surface area contributed by atoms with E-state index in [9.17, 15) is 10.1 Å². The first-order valence-corrected chi connectivity index (χ1v) is 7.11. The molecule has 0 amide bonds. The molecule has 1 saturated heterocycles. The number of hydrogen-bond donors (Lipinski definition) is 1. The summed E-state index contributed by atoms with van der Waals surface area (Å²) in [6, 6.07) is 3.52. The summed E-state index contributed by atoms with van der Waals surface area (Å²) in [7, 11) is 0. The zero-order valence-electron chi connectivity index (χ0n) is 11.0. The number of nitro benzene ring substituents is 1. The van der Waals surface area contributed by atoms with Crippen LogP contribution in [0.2, 0.25) is 0 Å². The van der Waals surface area contributed by atoms with Crippen LogP contribution in [0.4, 0.5) is 11.4 Å². The fourth-order valence-electron chi connectivity index (χ4n) is 2.31. The van der Waals surface area contributed by atoms with Crippen LogP contribution in [0.3, 0.4) is 0 Å². The zero-order chi connectivity index (χ0) is 14.0. The van der Waals surface area contributed by atoms with Crippen LogP contribution in [0, 0.1) is 17.0 Å². The molecule has 0 aromatic heterocycles. The average Bonchev–Trinajstić information content (AvgIpc) is 2.86. The van der Waals surface area contributed by atoms with Gasteiger partial charge >= 0.3 is 0 Å². The van der Waals surface area contributed by atoms with Crippen molar-refractivity contribution in [1.82, 2.24) is 0 Å². The largest absolute Gasteiger partial charge is 0.379 e. The van der Waals surface area contributed by atoms with Gasteiger partial charge in [0.15, 0.2) is 0 Å². The van der Waals surface area contributed by atoms with Gasteiger partial charge in [0.1, 0.15) is 0 Å². The van der Waals surface area contributed by atoms with Gasteiger partial charge in [0, 0.05) is 34.4 Å². The Balaban J connectivity index is 2.16. The molecule has 1 fully saturated rings. The molecule has 0 radical (unpaired) electrons. The Morgan fingerprint density at radius 3 is 2.89 bits per heavy atom. The van der Waals surface area contributed by atoms with Crippen LogP contribution in [0.1, 0.15) is 25.3 Å². The molecule has 5 nitrogen and oxygen atoms in total. The van der Waals surface area contributed by atoms with Crippen molar-refractivity contribution in [2.75, 3.05) is 11.9 Å². The maximum Gasteiger partial charge on any atom is 0.273 e. The molecule has 2 rings (SSSR count). The van der Waals surface area contributed by atoms with Gasteiger partial charge in [-0.15, -0.1) is 0 Å². The second kappa shape index (κ2) is 5.88. The van der Waals surface area contributed by atoms with E-state index in [1.807, 2.05) is 0 Å². The lowest BCUT2D eigenvalue weighted by Gasteiger charge is -2.22. The standard InChI is InChI=1S/C13H17BrN2O3/c1-8-6-11(10(14)7-12(8)16(17)18)15-9(2)13-4-3-5-19-13/h6-7,9,13,15H,3-5H2,1-2H3. The number of ether oxygens (including phenoxy) is 1. The maximum atomic E-state index is 10.9. The Bertz CT molecular complexity index is 487. The van der Waals surface area contributed by atoms with Crippen LogP contribution in [0.5, 0.6) is 0 Å². The SMILES string of the molecule is Cc1cc(NC(C)C2CCCO2)c(Br)cc1[N+](=O)[O-]. The van der Waals surface area contributed by atoms with Gasteiger partial charge in [-0.1, -0.05) is 0 Å². The molecule has 0 aliphatic carbocycles. The fourth-order valence-corrected chi connectivity index (χ4v) is 2.76. The quantitative estimate of drug-likeness (QED) is 0.676. The number of halogens is 1. The van der Waals surface area contributed by atoms with E-state index in [-0.39, 0.29) is 22.8 Å². The van der Waals surface area contributed by atoms with Crippen LogP contribution < -0.4 is 5.32 Å². The van der Waals surface area contributed by atoms with Crippen LogP contribution in [0.15, 0.2) is 16.6 Å². The lowest BCUT2D eigenvalue weighted by atomic mass is 10.1. The van der Waals surface area contributed by atoms with E-state index in [1.165, 1.54) is 0 Å². The molecular formula is C13H17BrN2O3. The van der Waals surface area contributed by atoms with Crippen molar-refractivity contribution >= 4 is 27.3 Å². The highest BCUT2D eigenvalue weighted by Crippen LogP contribution is 2.31. The van der Waals surface area contributed by atoms with Crippen LogP contribution >= 0.6 is 15.9 Å². The van der Waals surface area contributed by atoms with E-state index in [0.29, 0.717) is 10.0 Å². The molecule has 2 atom stereocenters. The van der Waals surface area contributed by atoms with E-state index in [1.54, 1.807) is 19.1 Å². The molecule has 1 aliphatic heterocycles. The lowest BCUT2D eigenvalue weighted by Crippen LogP contribution is -2.30. The van der Waals surface area contributed by atoms with E-state index < -0.39 is 0 Å². The number of hydrogen-bond acceptors (Lipinski definition) is 4. The highest BCUT2D eigenvalue weighted by Gasteiger charge is 2.23. The van der Waals surface area contributed by atoms with Gasteiger partial charge in [0.2, 0.25) is 0 Å². The predicted octanol–water partition coefficient (Wildman–Crippen LogP) is 3.65. The van der Waals surface area contributed by atoms with Gasteiger partial charge in [0.25, 0.3) is 5.69 Å². The zero-order valence-corrected chi connectivity index (χ0v) is 12.6. The highest BCUT2D eigenvalue weighted by atomic mass is 79.9. The summed E-state index contributed by atoms with van der Waals surface area (Å²) in [6.07, 6.45) is 2.36. The molecular weight excluding hydrogens is 312 g/mol. The van der Waals surface area contributed by atoms with Gasteiger partial charge < -0.3 is 10.1 Å². The van der Waals surface area contributed by atoms with Gasteiger partial charge in [-0.25, -0.2) is 0 Å². The Morgan fingerprint density at radius 2 is 2.32 bits per heavy atom. The highest BCUT2D eigenvalue weighted by molar-refractivity contribution is 9.10. The molecule has 1 N–H and O–H groups in total. The number of aryl methyl sites for hydroxylation is 1. The first-order chi connectivity index (χ1) is 8.99. The smallest absolute Gasteiger partial charge is 0.273 e. The minimum atomic E-state index is -0.368. The molecule has 0 bridgehead atoms. The first kappa shape index (κ1) is 14.3. The number of nitrogens with one attached hydrogen (secondary N) is 1. The third-order valence-electron chi connectivity index (χ3n) is 3.39. The van der Waals surface area contributed by atoms with Gasteiger partial charge in [-0.3, -0.25) is 10.1 Å². The Kier molecular flexibility index (Phi) is 4.42. The molecule has 104 valence electrons. The number of nitrogens with zero attached hydrogens (tertiary/aromatic N) is 1. The second-order valence-corrected chi connectivity index (χ2v) is 5.71. The average molecular weight is 329 g/mol. The number of rotatable bonds is 4. The van der Waals surface area contributed by atoms with Gasteiger partial charge in [-0.05, 0) is 48.7 Å². The van der Waals surface area contributed by atoms with Gasteiger partial charge in [-0.2, -0.15) is 0 Å². The van der Waals surface area contributed by atoms with E-state index in [0.717, 1.165) is 25.1 Å².